The highest BCUT2D eigenvalue weighted by atomic mass is 127. The van der Waals surface area contributed by atoms with Crippen molar-refractivity contribution < 1.29 is 0 Å². The molecule has 0 radical (unpaired) electrons. The van der Waals surface area contributed by atoms with Crippen LogP contribution in [-0.4, -0.2) is 98.2 Å². The van der Waals surface area contributed by atoms with Crippen molar-refractivity contribution in [1.29, 1.82) is 0 Å². The van der Waals surface area contributed by atoms with E-state index in [-0.39, 0.29) is 29.5 Å². The molecular formula is C24H51IN6. The molecule has 0 saturated carbocycles. The van der Waals surface area contributed by atoms with Crippen molar-refractivity contribution in [2.75, 3.05) is 66.0 Å². The van der Waals surface area contributed by atoms with Gasteiger partial charge in [-0.25, -0.2) is 0 Å². The normalized spacial score (nSPS) is 21.5. The molecule has 2 N–H and O–H groups in total. The molecule has 0 aromatic rings. The highest BCUT2D eigenvalue weighted by Crippen LogP contribution is 2.31. The predicted molar refractivity (Wildman–Crippen MR) is 146 cm³/mol. The van der Waals surface area contributed by atoms with Crippen LogP contribution in [0.1, 0.15) is 72.6 Å². The first-order valence-electron chi connectivity index (χ1n) is 12.7. The van der Waals surface area contributed by atoms with Gasteiger partial charge in [0.15, 0.2) is 5.96 Å². The summed E-state index contributed by atoms with van der Waals surface area (Å²) in [6.45, 7) is 19.2. The van der Waals surface area contributed by atoms with Crippen LogP contribution in [0.3, 0.4) is 0 Å². The Labute approximate surface area is 210 Å². The summed E-state index contributed by atoms with van der Waals surface area (Å²) in [5.74, 6) is 1.00. The summed E-state index contributed by atoms with van der Waals surface area (Å²) < 4.78 is 0. The van der Waals surface area contributed by atoms with Gasteiger partial charge in [-0.3, -0.25) is 9.89 Å². The lowest BCUT2D eigenvalue weighted by molar-refractivity contribution is 0.0208. The first-order chi connectivity index (χ1) is 14.5. The van der Waals surface area contributed by atoms with Crippen LogP contribution in [0.5, 0.6) is 0 Å². The molecule has 2 aliphatic rings. The molecule has 184 valence electrons. The standard InChI is InChI=1S/C24H50N6.HI/c1-6-25-23(27-22(4)13-12-16-29(7-2)8-3)26-21-24(14-19-28(5)20-15-24)30-17-10-9-11-18-30;/h22H,6-21H2,1-5H3,(H2,25,26,27);1H. The molecule has 31 heavy (non-hydrogen) atoms. The maximum absolute atomic E-state index is 5.15. The molecule has 2 fully saturated rings. The maximum Gasteiger partial charge on any atom is 0.191 e. The van der Waals surface area contributed by atoms with Crippen LogP contribution in [0.4, 0.5) is 0 Å². The van der Waals surface area contributed by atoms with Gasteiger partial charge in [-0.1, -0.05) is 20.3 Å². The van der Waals surface area contributed by atoms with Gasteiger partial charge in [-0.15, -0.1) is 24.0 Å². The molecule has 7 heteroatoms. The Hall–Kier alpha value is -0.120. The summed E-state index contributed by atoms with van der Waals surface area (Å²) in [4.78, 5) is 12.9. The minimum Gasteiger partial charge on any atom is -0.357 e. The van der Waals surface area contributed by atoms with Crippen LogP contribution in [-0.2, 0) is 0 Å². The Balaban J connectivity index is 0.00000480. The van der Waals surface area contributed by atoms with Crippen LogP contribution in [0.2, 0.25) is 0 Å². The lowest BCUT2D eigenvalue weighted by atomic mass is 9.84. The molecule has 1 atom stereocenters. The zero-order valence-corrected chi connectivity index (χ0v) is 23.4. The Kier molecular flexibility index (Phi) is 14.6. The fourth-order valence-corrected chi connectivity index (χ4v) is 4.99. The number of nitrogens with zero attached hydrogens (tertiary/aromatic N) is 4. The van der Waals surface area contributed by atoms with Gasteiger partial charge in [0, 0.05) is 18.1 Å². The Morgan fingerprint density at radius 3 is 2.26 bits per heavy atom. The van der Waals surface area contributed by atoms with E-state index >= 15 is 0 Å². The quantitative estimate of drug-likeness (QED) is 0.234. The zero-order valence-electron chi connectivity index (χ0n) is 21.1. The first kappa shape index (κ1) is 28.9. The van der Waals surface area contributed by atoms with E-state index in [1.807, 2.05) is 0 Å². The third-order valence-corrected chi connectivity index (χ3v) is 7.21. The van der Waals surface area contributed by atoms with E-state index < -0.39 is 0 Å². The summed E-state index contributed by atoms with van der Waals surface area (Å²) in [5, 5.41) is 7.19. The van der Waals surface area contributed by atoms with E-state index in [1.54, 1.807) is 0 Å². The van der Waals surface area contributed by atoms with E-state index in [2.05, 4.69) is 60.1 Å². The molecule has 1 unspecified atom stereocenters. The molecule has 0 amide bonds. The van der Waals surface area contributed by atoms with Crippen molar-refractivity contribution in [2.24, 2.45) is 4.99 Å². The van der Waals surface area contributed by atoms with E-state index in [1.165, 1.54) is 77.7 Å². The van der Waals surface area contributed by atoms with Gasteiger partial charge in [-0.2, -0.15) is 0 Å². The molecule has 2 rings (SSSR count). The Morgan fingerprint density at radius 1 is 1.03 bits per heavy atom. The third-order valence-electron chi connectivity index (χ3n) is 7.21. The molecule has 6 nitrogen and oxygen atoms in total. The van der Waals surface area contributed by atoms with Gasteiger partial charge in [0.05, 0.1) is 6.54 Å². The van der Waals surface area contributed by atoms with Gasteiger partial charge in [-0.05, 0) is 105 Å². The first-order valence-corrected chi connectivity index (χ1v) is 12.7. The van der Waals surface area contributed by atoms with Crippen LogP contribution in [0, 0.1) is 0 Å². The minimum absolute atomic E-state index is 0. The second-order valence-electron chi connectivity index (χ2n) is 9.48. The molecule has 0 aromatic carbocycles. The minimum atomic E-state index is 0. The van der Waals surface area contributed by atoms with Gasteiger partial charge in [0.2, 0.25) is 0 Å². The summed E-state index contributed by atoms with van der Waals surface area (Å²) in [6, 6.07) is 0.446. The predicted octanol–water partition coefficient (Wildman–Crippen LogP) is 3.62. The molecule has 2 aliphatic heterocycles. The maximum atomic E-state index is 5.15. The van der Waals surface area contributed by atoms with E-state index in [0.717, 1.165) is 32.1 Å². The van der Waals surface area contributed by atoms with Crippen molar-refractivity contribution in [3.8, 4) is 0 Å². The Bertz CT molecular complexity index is 482. The Morgan fingerprint density at radius 2 is 1.68 bits per heavy atom. The van der Waals surface area contributed by atoms with Crippen molar-refractivity contribution in [2.45, 2.75) is 84.2 Å². The van der Waals surface area contributed by atoms with Crippen molar-refractivity contribution in [3.05, 3.63) is 0 Å². The van der Waals surface area contributed by atoms with Crippen LogP contribution < -0.4 is 10.6 Å². The highest BCUT2D eigenvalue weighted by Gasteiger charge is 2.39. The van der Waals surface area contributed by atoms with Crippen LogP contribution in [0.25, 0.3) is 0 Å². The fraction of sp³-hybridized carbons (Fsp3) is 0.958. The molecule has 0 aliphatic carbocycles. The number of aliphatic imine (C=N–C) groups is 1. The van der Waals surface area contributed by atoms with Crippen molar-refractivity contribution in [1.82, 2.24) is 25.3 Å². The summed E-state index contributed by atoms with van der Waals surface area (Å²) in [5.41, 5.74) is 0.251. The molecule has 2 heterocycles. The summed E-state index contributed by atoms with van der Waals surface area (Å²) >= 11 is 0. The smallest absolute Gasteiger partial charge is 0.191 e. The number of piperidine rings is 2. The zero-order chi connectivity index (χ0) is 21.8. The lowest BCUT2D eigenvalue weighted by Crippen LogP contribution is -2.58. The fourth-order valence-electron chi connectivity index (χ4n) is 4.99. The largest absolute Gasteiger partial charge is 0.357 e. The summed E-state index contributed by atoms with van der Waals surface area (Å²) in [7, 11) is 2.26. The number of hydrogen-bond donors (Lipinski definition) is 2. The number of guanidine groups is 1. The second-order valence-corrected chi connectivity index (χ2v) is 9.48. The third kappa shape index (κ3) is 9.72. The van der Waals surface area contributed by atoms with Crippen LogP contribution >= 0.6 is 24.0 Å². The highest BCUT2D eigenvalue weighted by molar-refractivity contribution is 14.0. The number of halogens is 1. The molecule has 0 spiro atoms. The summed E-state index contributed by atoms with van der Waals surface area (Å²) in [6.07, 6.45) is 9.00. The number of hydrogen-bond acceptors (Lipinski definition) is 4. The SMILES string of the molecule is CCNC(=NCC1(N2CCCCC2)CCN(C)CC1)NC(C)CCCN(CC)CC.I. The monoisotopic (exact) mass is 550 g/mol. The van der Waals surface area contributed by atoms with Gasteiger partial charge in [0.25, 0.3) is 0 Å². The molecular weight excluding hydrogens is 499 g/mol. The van der Waals surface area contributed by atoms with Crippen LogP contribution in [0.15, 0.2) is 4.99 Å². The molecule has 2 saturated heterocycles. The number of rotatable bonds is 11. The number of nitrogens with one attached hydrogen (secondary N) is 2. The van der Waals surface area contributed by atoms with Gasteiger partial charge < -0.3 is 20.4 Å². The molecule has 0 aromatic heterocycles. The topological polar surface area (TPSA) is 46.1 Å². The van der Waals surface area contributed by atoms with E-state index in [4.69, 9.17) is 4.99 Å². The number of likely N-dealkylation sites (tertiary alicyclic amines) is 2. The second kappa shape index (κ2) is 15.7. The van der Waals surface area contributed by atoms with Crippen molar-refractivity contribution in [3.63, 3.8) is 0 Å². The lowest BCUT2D eigenvalue weighted by Gasteiger charge is -2.49. The average Bonchev–Trinajstić information content (AvgIpc) is 2.77. The van der Waals surface area contributed by atoms with Gasteiger partial charge in [0.1, 0.15) is 0 Å². The molecule has 0 bridgehead atoms. The van der Waals surface area contributed by atoms with Gasteiger partial charge >= 0.3 is 0 Å². The van der Waals surface area contributed by atoms with E-state index in [0.29, 0.717) is 6.04 Å². The van der Waals surface area contributed by atoms with E-state index in [9.17, 15) is 0 Å². The average molecular weight is 551 g/mol. The van der Waals surface area contributed by atoms with Crippen molar-refractivity contribution >= 4 is 29.9 Å².